The average Bonchev–Trinajstić information content (AvgIpc) is 2.99. The molecule has 1 fully saturated rings. The summed E-state index contributed by atoms with van der Waals surface area (Å²) in [6.07, 6.45) is 3.91. The summed E-state index contributed by atoms with van der Waals surface area (Å²) in [6.45, 7) is 1.57. The van der Waals surface area contributed by atoms with Gasteiger partial charge in [0.25, 0.3) is 0 Å². The number of aromatic nitrogens is 2. The SMILES string of the molecule is Fc1cccc(Nc2cc(NCC3CCCO3)ncn2)c1. The number of rotatable bonds is 5. The second kappa shape index (κ2) is 6.49. The van der Waals surface area contributed by atoms with Crippen LogP contribution in [0, 0.1) is 5.82 Å². The van der Waals surface area contributed by atoms with E-state index in [1.54, 1.807) is 18.2 Å². The summed E-state index contributed by atoms with van der Waals surface area (Å²) < 4.78 is 18.7. The highest BCUT2D eigenvalue weighted by molar-refractivity contribution is 5.58. The van der Waals surface area contributed by atoms with Gasteiger partial charge in [0.1, 0.15) is 23.8 Å². The Bertz CT molecular complexity index is 602. The third-order valence-electron chi connectivity index (χ3n) is 3.30. The molecule has 0 saturated carbocycles. The molecule has 2 heterocycles. The summed E-state index contributed by atoms with van der Waals surface area (Å²) in [5.74, 6) is 1.05. The minimum absolute atomic E-state index is 0.250. The van der Waals surface area contributed by atoms with Crippen molar-refractivity contribution in [2.24, 2.45) is 0 Å². The molecule has 5 nitrogen and oxygen atoms in total. The van der Waals surface area contributed by atoms with E-state index >= 15 is 0 Å². The molecule has 110 valence electrons. The Morgan fingerprint density at radius 2 is 2.14 bits per heavy atom. The van der Waals surface area contributed by atoms with E-state index in [-0.39, 0.29) is 11.9 Å². The van der Waals surface area contributed by atoms with Gasteiger partial charge in [-0.3, -0.25) is 0 Å². The molecular weight excluding hydrogens is 271 g/mol. The zero-order valence-corrected chi connectivity index (χ0v) is 11.6. The lowest BCUT2D eigenvalue weighted by Crippen LogP contribution is -2.19. The molecule has 1 aliphatic rings. The first-order chi connectivity index (χ1) is 10.3. The number of ether oxygens (including phenoxy) is 1. The smallest absolute Gasteiger partial charge is 0.135 e. The molecule has 1 aliphatic heterocycles. The summed E-state index contributed by atoms with van der Waals surface area (Å²) >= 11 is 0. The van der Waals surface area contributed by atoms with E-state index in [1.807, 2.05) is 0 Å². The molecule has 0 bridgehead atoms. The van der Waals surface area contributed by atoms with Crippen LogP contribution in [0.1, 0.15) is 12.8 Å². The van der Waals surface area contributed by atoms with Crippen molar-refractivity contribution in [3.05, 3.63) is 42.5 Å². The molecule has 1 aromatic carbocycles. The van der Waals surface area contributed by atoms with E-state index in [4.69, 9.17) is 4.74 Å². The van der Waals surface area contributed by atoms with Crippen LogP contribution in [0.3, 0.4) is 0 Å². The highest BCUT2D eigenvalue weighted by atomic mass is 19.1. The average molecular weight is 288 g/mol. The van der Waals surface area contributed by atoms with Crippen molar-refractivity contribution in [2.75, 3.05) is 23.8 Å². The highest BCUT2D eigenvalue weighted by Gasteiger charge is 2.15. The van der Waals surface area contributed by atoms with E-state index in [2.05, 4.69) is 20.6 Å². The molecule has 6 heteroatoms. The van der Waals surface area contributed by atoms with Crippen molar-refractivity contribution < 1.29 is 9.13 Å². The number of anilines is 3. The quantitative estimate of drug-likeness (QED) is 0.886. The molecule has 1 aromatic heterocycles. The van der Waals surface area contributed by atoms with Crippen molar-refractivity contribution in [3.63, 3.8) is 0 Å². The molecule has 2 aromatic rings. The highest BCUT2D eigenvalue weighted by Crippen LogP contribution is 2.18. The minimum Gasteiger partial charge on any atom is -0.376 e. The number of benzene rings is 1. The summed E-state index contributed by atoms with van der Waals surface area (Å²) in [6, 6.07) is 8.04. The Morgan fingerprint density at radius 1 is 1.24 bits per heavy atom. The summed E-state index contributed by atoms with van der Waals surface area (Å²) in [5, 5.41) is 6.28. The molecule has 1 atom stereocenters. The van der Waals surface area contributed by atoms with Crippen molar-refractivity contribution in [3.8, 4) is 0 Å². The molecule has 0 amide bonds. The van der Waals surface area contributed by atoms with Gasteiger partial charge in [-0.2, -0.15) is 0 Å². The van der Waals surface area contributed by atoms with Gasteiger partial charge in [0.05, 0.1) is 6.10 Å². The van der Waals surface area contributed by atoms with E-state index in [0.717, 1.165) is 31.8 Å². The first-order valence-electron chi connectivity index (χ1n) is 7.00. The molecule has 21 heavy (non-hydrogen) atoms. The predicted octanol–water partition coefficient (Wildman–Crippen LogP) is 2.95. The van der Waals surface area contributed by atoms with Gasteiger partial charge >= 0.3 is 0 Å². The second-order valence-electron chi connectivity index (χ2n) is 4.94. The van der Waals surface area contributed by atoms with Gasteiger partial charge in [0.15, 0.2) is 0 Å². The van der Waals surface area contributed by atoms with E-state index < -0.39 is 0 Å². The lowest BCUT2D eigenvalue weighted by atomic mass is 10.2. The van der Waals surface area contributed by atoms with Crippen LogP contribution in [-0.4, -0.2) is 29.2 Å². The fourth-order valence-corrected chi connectivity index (χ4v) is 2.26. The molecule has 2 N–H and O–H groups in total. The third-order valence-corrected chi connectivity index (χ3v) is 3.30. The summed E-state index contributed by atoms with van der Waals surface area (Å²) in [7, 11) is 0. The summed E-state index contributed by atoms with van der Waals surface area (Å²) in [5.41, 5.74) is 0.652. The number of hydrogen-bond acceptors (Lipinski definition) is 5. The van der Waals surface area contributed by atoms with Crippen molar-refractivity contribution in [2.45, 2.75) is 18.9 Å². The molecule has 3 rings (SSSR count). The maximum Gasteiger partial charge on any atom is 0.135 e. The largest absolute Gasteiger partial charge is 0.376 e. The van der Waals surface area contributed by atoms with Gasteiger partial charge < -0.3 is 15.4 Å². The van der Waals surface area contributed by atoms with Crippen molar-refractivity contribution >= 4 is 17.3 Å². The van der Waals surface area contributed by atoms with Gasteiger partial charge in [-0.15, -0.1) is 0 Å². The van der Waals surface area contributed by atoms with Gasteiger partial charge in [0, 0.05) is 24.9 Å². The van der Waals surface area contributed by atoms with Crippen molar-refractivity contribution in [1.29, 1.82) is 0 Å². The van der Waals surface area contributed by atoms with E-state index in [9.17, 15) is 4.39 Å². The standard InChI is InChI=1S/C15H17FN4O/c16-11-3-1-4-12(7-11)20-15-8-14(18-10-19-15)17-9-13-5-2-6-21-13/h1,3-4,7-8,10,13H,2,5-6,9H2,(H2,17,18,19,20). The molecular formula is C15H17FN4O. The number of nitrogens with one attached hydrogen (secondary N) is 2. The third kappa shape index (κ3) is 3.88. The predicted molar refractivity (Wildman–Crippen MR) is 79.2 cm³/mol. The maximum absolute atomic E-state index is 13.1. The Kier molecular flexibility index (Phi) is 4.25. The van der Waals surface area contributed by atoms with Crippen LogP contribution >= 0.6 is 0 Å². The zero-order valence-electron chi connectivity index (χ0n) is 11.6. The van der Waals surface area contributed by atoms with E-state index in [1.165, 1.54) is 18.5 Å². The number of halogens is 1. The monoisotopic (exact) mass is 288 g/mol. The van der Waals surface area contributed by atoms with Crippen LogP contribution in [0.2, 0.25) is 0 Å². The molecule has 1 unspecified atom stereocenters. The van der Waals surface area contributed by atoms with Crippen LogP contribution < -0.4 is 10.6 Å². The van der Waals surface area contributed by atoms with Crippen molar-refractivity contribution in [1.82, 2.24) is 9.97 Å². The first kappa shape index (κ1) is 13.8. The molecule has 1 saturated heterocycles. The second-order valence-corrected chi connectivity index (χ2v) is 4.94. The maximum atomic E-state index is 13.1. The number of nitrogens with zero attached hydrogens (tertiary/aromatic N) is 2. The first-order valence-corrected chi connectivity index (χ1v) is 7.00. The normalized spacial score (nSPS) is 17.7. The minimum atomic E-state index is -0.286. The molecule has 0 aliphatic carbocycles. The van der Waals surface area contributed by atoms with Crippen LogP contribution in [0.15, 0.2) is 36.7 Å². The van der Waals surface area contributed by atoms with E-state index in [0.29, 0.717) is 11.5 Å². The van der Waals surface area contributed by atoms with Crippen LogP contribution in [0.4, 0.5) is 21.7 Å². The zero-order chi connectivity index (χ0) is 14.5. The Hall–Kier alpha value is -2.21. The Balaban J connectivity index is 1.62. The van der Waals surface area contributed by atoms with Crippen LogP contribution in [0.25, 0.3) is 0 Å². The Morgan fingerprint density at radius 3 is 2.95 bits per heavy atom. The fourth-order valence-electron chi connectivity index (χ4n) is 2.26. The van der Waals surface area contributed by atoms with Gasteiger partial charge in [0.2, 0.25) is 0 Å². The summed E-state index contributed by atoms with van der Waals surface area (Å²) in [4.78, 5) is 8.30. The van der Waals surface area contributed by atoms with Gasteiger partial charge in [-0.1, -0.05) is 6.07 Å². The molecule has 0 radical (unpaired) electrons. The Labute approximate surface area is 122 Å². The fraction of sp³-hybridized carbons (Fsp3) is 0.333. The van der Waals surface area contributed by atoms with Gasteiger partial charge in [-0.05, 0) is 31.0 Å². The lowest BCUT2D eigenvalue weighted by molar-refractivity contribution is 0.120. The van der Waals surface area contributed by atoms with Crippen LogP contribution in [0.5, 0.6) is 0 Å². The van der Waals surface area contributed by atoms with Gasteiger partial charge in [-0.25, -0.2) is 14.4 Å². The number of hydrogen-bond donors (Lipinski definition) is 2. The van der Waals surface area contributed by atoms with Crippen LogP contribution in [-0.2, 0) is 4.74 Å². The topological polar surface area (TPSA) is 59.1 Å². The molecule has 0 spiro atoms. The lowest BCUT2D eigenvalue weighted by Gasteiger charge is -2.12.